The SMILES string of the molecule is CCCCN(CCCC)C(=O)c1cn(C2CNC2)nn1. The highest BCUT2D eigenvalue weighted by molar-refractivity contribution is 5.91. The van der Waals surface area contributed by atoms with Gasteiger partial charge in [0, 0.05) is 26.2 Å². The van der Waals surface area contributed by atoms with Gasteiger partial charge < -0.3 is 10.2 Å². The van der Waals surface area contributed by atoms with E-state index in [2.05, 4.69) is 29.5 Å². The van der Waals surface area contributed by atoms with E-state index in [0.717, 1.165) is 51.9 Å². The molecule has 0 spiro atoms. The molecule has 6 heteroatoms. The van der Waals surface area contributed by atoms with E-state index in [-0.39, 0.29) is 5.91 Å². The molecule has 0 bridgehead atoms. The molecule has 0 radical (unpaired) electrons. The summed E-state index contributed by atoms with van der Waals surface area (Å²) in [6.45, 7) is 7.73. The zero-order chi connectivity index (χ0) is 14.4. The van der Waals surface area contributed by atoms with Crippen LogP contribution in [0.3, 0.4) is 0 Å². The van der Waals surface area contributed by atoms with Crippen molar-refractivity contribution in [3.05, 3.63) is 11.9 Å². The lowest BCUT2D eigenvalue weighted by molar-refractivity contribution is 0.0745. The molecule has 1 fully saturated rings. The van der Waals surface area contributed by atoms with Gasteiger partial charge >= 0.3 is 0 Å². The zero-order valence-electron chi connectivity index (χ0n) is 12.5. The van der Waals surface area contributed by atoms with Crippen LogP contribution in [0, 0.1) is 0 Å². The lowest BCUT2D eigenvalue weighted by Crippen LogP contribution is -2.43. The van der Waals surface area contributed by atoms with Crippen LogP contribution >= 0.6 is 0 Å². The van der Waals surface area contributed by atoms with Crippen molar-refractivity contribution in [2.45, 2.75) is 45.6 Å². The summed E-state index contributed by atoms with van der Waals surface area (Å²) in [6.07, 6.45) is 6.05. The first-order chi connectivity index (χ1) is 9.76. The van der Waals surface area contributed by atoms with E-state index in [1.54, 1.807) is 6.20 Å². The van der Waals surface area contributed by atoms with Gasteiger partial charge in [0.15, 0.2) is 5.69 Å². The summed E-state index contributed by atoms with van der Waals surface area (Å²) < 4.78 is 1.81. The lowest BCUT2D eigenvalue weighted by Gasteiger charge is -2.26. The highest BCUT2D eigenvalue weighted by Gasteiger charge is 2.23. The maximum absolute atomic E-state index is 12.5. The topological polar surface area (TPSA) is 63.1 Å². The van der Waals surface area contributed by atoms with Gasteiger partial charge in [-0.05, 0) is 12.8 Å². The molecule has 0 aromatic carbocycles. The third-order valence-corrected chi connectivity index (χ3v) is 3.71. The third kappa shape index (κ3) is 3.56. The fraction of sp³-hybridized carbons (Fsp3) is 0.786. The predicted octanol–water partition coefficient (Wildman–Crippen LogP) is 1.46. The zero-order valence-corrected chi connectivity index (χ0v) is 12.5. The number of rotatable bonds is 8. The summed E-state index contributed by atoms with van der Waals surface area (Å²) in [6, 6.07) is 0.351. The summed E-state index contributed by atoms with van der Waals surface area (Å²) in [7, 11) is 0. The molecule has 1 aliphatic rings. The number of unbranched alkanes of at least 4 members (excludes halogenated alkanes) is 2. The number of carbonyl (C=O) groups excluding carboxylic acids is 1. The largest absolute Gasteiger partial charge is 0.337 e. The summed E-state index contributed by atoms with van der Waals surface area (Å²) in [5.41, 5.74) is 0.476. The highest BCUT2D eigenvalue weighted by atomic mass is 16.2. The maximum Gasteiger partial charge on any atom is 0.276 e. The van der Waals surface area contributed by atoms with Crippen molar-refractivity contribution in [2.75, 3.05) is 26.2 Å². The van der Waals surface area contributed by atoms with E-state index in [4.69, 9.17) is 0 Å². The number of carbonyl (C=O) groups is 1. The number of amides is 1. The van der Waals surface area contributed by atoms with Gasteiger partial charge in [-0.3, -0.25) is 4.79 Å². The number of hydrogen-bond acceptors (Lipinski definition) is 4. The van der Waals surface area contributed by atoms with Gasteiger partial charge in [0.25, 0.3) is 5.91 Å². The van der Waals surface area contributed by atoms with Crippen LogP contribution in [-0.2, 0) is 0 Å². The van der Waals surface area contributed by atoms with Crippen molar-refractivity contribution < 1.29 is 4.79 Å². The van der Waals surface area contributed by atoms with Crippen LogP contribution < -0.4 is 5.32 Å². The first-order valence-electron chi connectivity index (χ1n) is 7.68. The molecule has 0 aliphatic carbocycles. The van der Waals surface area contributed by atoms with E-state index in [1.165, 1.54) is 0 Å². The normalized spacial score (nSPS) is 15.1. The summed E-state index contributed by atoms with van der Waals surface area (Å²) in [5.74, 6) is 0.0189. The van der Waals surface area contributed by atoms with Crippen molar-refractivity contribution in [1.82, 2.24) is 25.2 Å². The first kappa shape index (κ1) is 15.0. The lowest BCUT2D eigenvalue weighted by atomic mass is 10.2. The predicted molar refractivity (Wildman–Crippen MR) is 77.6 cm³/mol. The van der Waals surface area contributed by atoms with Gasteiger partial charge in [-0.25, -0.2) is 4.68 Å². The Hall–Kier alpha value is -1.43. The van der Waals surface area contributed by atoms with E-state index >= 15 is 0 Å². The molecule has 1 aromatic rings. The minimum absolute atomic E-state index is 0.0189. The first-order valence-corrected chi connectivity index (χ1v) is 7.68. The molecule has 112 valence electrons. The van der Waals surface area contributed by atoms with Crippen LogP contribution in [0.15, 0.2) is 6.20 Å². The van der Waals surface area contributed by atoms with E-state index < -0.39 is 0 Å². The van der Waals surface area contributed by atoms with Gasteiger partial charge in [-0.15, -0.1) is 5.10 Å². The monoisotopic (exact) mass is 279 g/mol. The van der Waals surface area contributed by atoms with Gasteiger partial charge in [0.2, 0.25) is 0 Å². The number of hydrogen-bond donors (Lipinski definition) is 1. The molecule has 0 unspecified atom stereocenters. The van der Waals surface area contributed by atoms with Crippen molar-refractivity contribution in [3.63, 3.8) is 0 Å². The van der Waals surface area contributed by atoms with Gasteiger partial charge in [0.05, 0.1) is 12.2 Å². The fourth-order valence-electron chi connectivity index (χ4n) is 2.19. The Morgan fingerprint density at radius 2 is 2.00 bits per heavy atom. The molecule has 1 amide bonds. The molecule has 1 aliphatic heterocycles. The van der Waals surface area contributed by atoms with E-state index in [1.807, 2.05) is 9.58 Å². The molecule has 1 N–H and O–H groups in total. The Morgan fingerprint density at radius 3 is 2.50 bits per heavy atom. The van der Waals surface area contributed by atoms with Crippen LogP contribution in [0.2, 0.25) is 0 Å². The Kier molecular flexibility index (Phi) is 5.52. The molecule has 20 heavy (non-hydrogen) atoms. The van der Waals surface area contributed by atoms with Gasteiger partial charge in [-0.2, -0.15) is 0 Å². The van der Waals surface area contributed by atoms with Crippen molar-refractivity contribution >= 4 is 5.91 Å². The van der Waals surface area contributed by atoms with Crippen molar-refractivity contribution in [2.24, 2.45) is 0 Å². The average Bonchev–Trinajstić information content (AvgIpc) is 2.85. The summed E-state index contributed by atoms with van der Waals surface area (Å²) in [5, 5.41) is 11.3. The van der Waals surface area contributed by atoms with Crippen LogP contribution in [0.25, 0.3) is 0 Å². The van der Waals surface area contributed by atoms with Crippen LogP contribution in [0.5, 0.6) is 0 Å². The molecule has 0 atom stereocenters. The van der Waals surface area contributed by atoms with Gasteiger partial charge in [0.1, 0.15) is 0 Å². The maximum atomic E-state index is 12.5. The molecule has 1 aromatic heterocycles. The van der Waals surface area contributed by atoms with Crippen LogP contribution in [0.1, 0.15) is 56.1 Å². The summed E-state index contributed by atoms with van der Waals surface area (Å²) >= 11 is 0. The molecular formula is C14H25N5O. The van der Waals surface area contributed by atoms with Gasteiger partial charge in [-0.1, -0.05) is 31.9 Å². The Labute approximate surface area is 120 Å². The average molecular weight is 279 g/mol. The second-order valence-corrected chi connectivity index (χ2v) is 5.40. The number of nitrogens with one attached hydrogen (secondary N) is 1. The van der Waals surface area contributed by atoms with Crippen molar-refractivity contribution in [1.29, 1.82) is 0 Å². The molecule has 6 nitrogen and oxygen atoms in total. The smallest absolute Gasteiger partial charge is 0.276 e. The minimum Gasteiger partial charge on any atom is -0.337 e. The third-order valence-electron chi connectivity index (χ3n) is 3.71. The van der Waals surface area contributed by atoms with E-state index in [0.29, 0.717) is 11.7 Å². The molecule has 2 rings (SSSR count). The summed E-state index contributed by atoms with van der Waals surface area (Å²) in [4.78, 5) is 14.4. The second-order valence-electron chi connectivity index (χ2n) is 5.40. The second kappa shape index (κ2) is 7.38. The van der Waals surface area contributed by atoms with Crippen LogP contribution in [0.4, 0.5) is 0 Å². The molecular weight excluding hydrogens is 254 g/mol. The molecule has 1 saturated heterocycles. The van der Waals surface area contributed by atoms with E-state index in [9.17, 15) is 4.79 Å². The Balaban J connectivity index is 1.99. The quantitative estimate of drug-likeness (QED) is 0.782. The fourth-order valence-corrected chi connectivity index (χ4v) is 2.19. The molecule has 0 saturated carbocycles. The Bertz CT molecular complexity index is 419. The molecule has 2 heterocycles. The van der Waals surface area contributed by atoms with Crippen molar-refractivity contribution in [3.8, 4) is 0 Å². The standard InChI is InChI=1S/C14H25N5O/c1-3-5-7-18(8-6-4-2)14(20)13-11-19(17-16-13)12-9-15-10-12/h11-12,15H,3-10H2,1-2H3. The Morgan fingerprint density at radius 1 is 1.35 bits per heavy atom. The highest BCUT2D eigenvalue weighted by Crippen LogP contribution is 2.11. The number of nitrogens with zero attached hydrogens (tertiary/aromatic N) is 4. The number of aromatic nitrogens is 3. The van der Waals surface area contributed by atoms with Crippen LogP contribution in [-0.4, -0.2) is 52.0 Å². The minimum atomic E-state index is 0.0189.